The lowest BCUT2D eigenvalue weighted by atomic mass is 10.1. The van der Waals surface area contributed by atoms with Crippen molar-refractivity contribution in [2.24, 2.45) is 0 Å². The average Bonchev–Trinajstić information content (AvgIpc) is 2.85. The van der Waals surface area contributed by atoms with Crippen LogP contribution in [0.15, 0.2) is 30.6 Å². The third-order valence-corrected chi connectivity index (χ3v) is 2.55. The molecule has 1 aromatic carbocycles. The summed E-state index contributed by atoms with van der Waals surface area (Å²) < 4.78 is 6.88. The molecule has 0 aliphatic rings. The van der Waals surface area contributed by atoms with Gasteiger partial charge in [0, 0.05) is 18.9 Å². The van der Waals surface area contributed by atoms with E-state index in [1.807, 2.05) is 12.1 Å². The Morgan fingerprint density at radius 1 is 1.33 bits per heavy atom. The first-order valence-electron chi connectivity index (χ1n) is 5.26. The topological polar surface area (TPSA) is 74.6 Å². The lowest BCUT2D eigenvalue weighted by molar-refractivity contribution is 0.413. The Bertz CT molecular complexity index is 646. The number of rotatable bonds is 3. The Labute approximate surface area is 104 Å². The number of ether oxygens (including phenoxy) is 1. The summed E-state index contributed by atoms with van der Waals surface area (Å²) in [5.41, 5.74) is 1.44. The lowest BCUT2D eigenvalue weighted by Gasteiger charge is -2.07. The molecule has 0 bridgehead atoms. The van der Waals surface area contributed by atoms with Crippen molar-refractivity contribution in [3.05, 3.63) is 47.5 Å². The predicted octanol–water partition coefficient (Wildman–Crippen LogP) is 1.68. The molecule has 2 rings (SSSR count). The van der Waals surface area contributed by atoms with Crippen LogP contribution in [-0.4, -0.2) is 16.7 Å². The number of hydrogen-bond acceptors (Lipinski definition) is 4. The maximum atomic E-state index is 8.89. The minimum Gasteiger partial charge on any atom is -0.495 e. The molecule has 5 heteroatoms. The summed E-state index contributed by atoms with van der Waals surface area (Å²) in [6.07, 6.45) is 3.32. The maximum absolute atomic E-state index is 8.89. The molecule has 1 heterocycles. The van der Waals surface area contributed by atoms with E-state index in [0.29, 0.717) is 23.7 Å². The zero-order chi connectivity index (χ0) is 13.0. The summed E-state index contributed by atoms with van der Waals surface area (Å²) >= 11 is 0. The standard InChI is InChI=1S/C13H10N4O/c1-18-12-6-10(2-3-11(12)7-14)9-17-5-4-16-13(17)8-15/h2-6H,9H2,1H3. The van der Waals surface area contributed by atoms with Gasteiger partial charge < -0.3 is 9.30 Å². The number of aromatic nitrogens is 2. The average molecular weight is 238 g/mol. The highest BCUT2D eigenvalue weighted by atomic mass is 16.5. The van der Waals surface area contributed by atoms with Gasteiger partial charge in [0.05, 0.1) is 12.7 Å². The third-order valence-electron chi connectivity index (χ3n) is 2.55. The largest absolute Gasteiger partial charge is 0.495 e. The van der Waals surface area contributed by atoms with E-state index < -0.39 is 0 Å². The molecule has 5 nitrogen and oxygen atoms in total. The first kappa shape index (κ1) is 11.7. The van der Waals surface area contributed by atoms with E-state index in [0.717, 1.165) is 5.56 Å². The molecular weight excluding hydrogens is 228 g/mol. The molecule has 18 heavy (non-hydrogen) atoms. The predicted molar refractivity (Wildman–Crippen MR) is 63.8 cm³/mol. The van der Waals surface area contributed by atoms with Crippen LogP contribution in [0.2, 0.25) is 0 Å². The van der Waals surface area contributed by atoms with Gasteiger partial charge in [0.15, 0.2) is 0 Å². The molecule has 0 fully saturated rings. The van der Waals surface area contributed by atoms with Crippen molar-refractivity contribution in [2.75, 3.05) is 7.11 Å². The fourth-order valence-electron chi connectivity index (χ4n) is 1.67. The van der Waals surface area contributed by atoms with Crippen molar-refractivity contribution >= 4 is 0 Å². The van der Waals surface area contributed by atoms with Gasteiger partial charge in [-0.1, -0.05) is 6.07 Å². The van der Waals surface area contributed by atoms with Gasteiger partial charge in [-0.2, -0.15) is 10.5 Å². The molecule has 0 aliphatic heterocycles. The molecule has 1 aromatic heterocycles. The number of benzene rings is 1. The first-order valence-corrected chi connectivity index (χ1v) is 5.26. The monoisotopic (exact) mass is 238 g/mol. The highest BCUT2D eigenvalue weighted by Crippen LogP contribution is 2.20. The third kappa shape index (κ3) is 2.16. The van der Waals surface area contributed by atoms with Crippen LogP contribution in [0, 0.1) is 22.7 Å². The van der Waals surface area contributed by atoms with E-state index in [4.69, 9.17) is 15.3 Å². The van der Waals surface area contributed by atoms with Crippen LogP contribution in [0.5, 0.6) is 5.75 Å². The summed E-state index contributed by atoms with van der Waals surface area (Å²) in [6.45, 7) is 0.519. The molecule has 2 aromatic rings. The Kier molecular flexibility index (Phi) is 3.26. The molecule has 0 saturated heterocycles. The molecule has 0 aliphatic carbocycles. The second-order valence-electron chi connectivity index (χ2n) is 3.64. The highest BCUT2D eigenvalue weighted by molar-refractivity contribution is 5.45. The van der Waals surface area contributed by atoms with E-state index in [2.05, 4.69) is 11.1 Å². The van der Waals surface area contributed by atoms with Crippen molar-refractivity contribution in [3.63, 3.8) is 0 Å². The second-order valence-corrected chi connectivity index (χ2v) is 3.64. The molecule has 88 valence electrons. The zero-order valence-corrected chi connectivity index (χ0v) is 9.79. The fourth-order valence-corrected chi connectivity index (χ4v) is 1.67. The van der Waals surface area contributed by atoms with Crippen LogP contribution in [0.1, 0.15) is 17.0 Å². The zero-order valence-electron chi connectivity index (χ0n) is 9.79. The molecule has 0 saturated carbocycles. The Morgan fingerprint density at radius 3 is 2.83 bits per heavy atom. The van der Waals surface area contributed by atoms with Crippen molar-refractivity contribution in [3.8, 4) is 17.9 Å². The second kappa shape index (κ2) is 5.03. The fraction of sp³-hybridized carbons (Fsp3) is 0.154. The van der Waals surface area contributed by atoms with Crippen LogP contribution in [0.4, 0.5) is 0 Å². The van der Waals surface area contributed by atoms with E-state index >= 15 is 0 Å². The van der Waals surface area contributed by atoms with E-state index in [9.17, 15) is 0 Å². The van der Waals surface area contributed by atoms with Gasteiger partial charge in [-0.15, -0.1) is 0 Å². The summed E-state index contributed by atoms with van der Waals surface area (Å²) in [7, 11) is 1.53. The Hall–Kier alpha value is -2.79. The van der Waals surface area contributed by atoms with Gasteiger partial charge in [0.2, 0.25) is 5.82 Å². The molecule has 0 radical (unpaired) electrons. The van der Waals surface area contributed by atoms with E-state index in [1.165, 1.54) is 7.11 Å². The van der Waals surface area contributed by atoms with E-state index in [-0.39, 0.29) is 0 Å². The van der Waals surface area contributed by atoms with Gasteiger partial charge in [-0.3, -0.25) is 0 Å². The lowest BCUT2D eigenvalue weighted by Crippen LogP contribution is -2.02. The molecule has 0 amide bonds. The summed E-state index contributed by atoms with van der Waals surface area (Å²) in [4.78, 5) is 3.93. The van der Waals surface area contributed by atoms with Crippen LogP contribution in [0.25, 0.3) is 0 Å². The van der Waals surface area contributed by atoms with Gasteiger partial charge in [-0.05, 0) is 17.7 Å². The molecule has 0 atom stereocenters. The highest BCUT2D eigenvalue weighted by Gasteiger charge is 2.06. The molecule has 0 N–H and O–H groups in total. The number of nitrogens with zero attached hydrogens (tertiary/aromatic N) is 4. The van der Waals surface area contributed by atoms with Crippen molar-refractivity contribution in [1.82, 2.24) is 9.55 Å². The van der Waals surface area contributed by atoms with E-state index in [1.54, 1.807) is 29.1 Å². The summed E-state index contributed by atoms with van der Waals surface area (Å²) in [5.74, 6) is 0.895. The minimum absolute atomic E-state index is 0.360. The maximum Gasteiger partial charge on any atom is 0.213 e. The van der Waals surface area contributed by atoms with Crippen LogP contribution >= 0.6 is 0 Å². The normalized spacial score (nSPS) is 9.50. The van der Waals surface area contributed by atoms with Crippen molar-refractivity contribution < 1.29 is 4.74 Å². The quantitative estimate of drug-likeness (QED) is 0.815. The smallest absolute Gasteiger partial charge is 0.213 e. The Balaban J connectivity index is 2.31. The molecule has 0 spiro atoms. The van der Waals surface area contributed by atoms with Crippen LogP contribution in [-0.2, 0) is 6.54 Å². The van der Waals surface area contributed by atoms with Crippen LogP contribution < -0.4 is 4.74 Å². The van der Waals surface area contributed by atoms with Gasteiger partial charge >= 0.3 is 0 Å². The SMILES string of the molecule is COc1cc(Cn2ccnc2C#N)ccc1C#N. The van der Waals surface area contributed by atoms with Crippen LogP contribution in [0.3, 0.4) is 0 Å². The molecular formula is C13H10N4O. The number of nitriles is 2. The summed E-state index contributed by atoms with van der Waals surface area (Å²) in [6, 6.07) is 9.41. The van der Waals surface area contributed by atoms with Gasteiger partial charge in [-0.25, -0.2) is 4.98 Å². The first-order chi connectivity index (χ1) is 8.78. The van der Waals surface area contributed by atoms with Crippen molar-refractivity contribution in [2.45, 2.75) is 6.54 Å². The van der Waals surface area contributed by atoms with Gasteiger partial charge in [0.1, 0.15) is 17.9 Å². The van der Waals surface area contributed by atoms with Crippen molar-refractivity contribution in [1.29, 1.82) is 10.5 Å². The minimum atomic E-state index is 0.360. The number of hydrogen-bond donors (Lipinski definition) is 0. The molecule has 0 unspecified atom stereocenters. The number of methoxy groups -OCH3 is 1. The van der Waals surface area contributed by atoms with Gasteiger partial charge in [0.25, 0.3) is 0 Å². The summed E-state index contributed by atoms with van der Waals surface area (Å²) in [5, 5.41) is 17.8. The number of imidazole rings is 1. The Morgan fingerprint density at radius 2 is 2.17 bits per heavy atom.